The van der Waals surface area contributed by atoms with Gasteiger partial charge in [0.25, 0.3) is 0 Å². The van der Waals surface area contributed by atoms with E-state index in [1.807, 2.05) is 23.7 Å². The molecular weight excluding hydrogens is 348 g/mol. The molecule has 2 aromatic rings. The average molecular weight is 375 g/mol. The topological polar surface area (TPSA) is 64.2 Å². The summed E-state index contributed by atoms with van der Waals surface area (Å²) in [6, 6.07) is 4.07. The Hall–Kier alpha value is -1.76. The molecule has 0 unspecified atom stereocenters. The molecule has 0 aromatic carbocycles. The predicted molar refractivity (Wildman–Crippen MR) is 101 cm³/mol. The Morgan fingerprint density at radius 1 is 1.35 bits per heavy atom. The molecule has 4 rings (SSSR count). The summed E-state index contributed by atoms with van der Waals surface area (Å²) in [5, 5.41) is 9.14. The van der Waals surface area contributed by atoms with Gasteiger partial charge in [0, 0.05) is 19.6 Å². The molecule has 0 spiro atoms. The van der Waals surface area contributed by atoms with Crippen molar-refractivity contribution in [3.63, 3.8) is 0 Å². The van der Waals surface area contributed by atoms with Crippen molar-refractivity contribution in [2.45, 2.75) is 51.2 Å². The van der Waals surface area contributed by atoms with Gasteiger partial charge in [-0.25, -0.2) is 0 Å². The number of fused-ring (bicyclic) bond motifs is 2. The normalized spacial score (nSPS) is 27.1. The standard InChI is InChI=1S/C19H26N4O2S/c1-18(2)8-13-9-19(3,11-18)12-23(13)15(24)10-26-17-21-20-16(22(17)4)14-6-5-7-25-14/h5-7,13H,8-12H2,1-4H3/t13-,19-/m1/s1. The molecule has 2 bridgehead atoms. The minimum Gasteiger partial charge on any atom is -0.461 e. The summed E-state index contributed by atoms with van der Waals surface area (Å²) in [6.45, 7) is 7.88. The molecule has 26 heavy (non-hydrogen) atoms. The first kappa shape index (κ1) is 17.6. The first-order valence-electron chi connectivity index (χ1n) is 9.12. The van der Waals surface area contributed by atoms with Crippen LogP contribution in [0.5, 0.6) is 0 Å². The smallest absolute Gasteiger partial charge is 0.233 e. The number of thioether (sulfide) groups is 1. The molecule has 1 amide bonds. The molecule has 0 N–H and O–H groups in total. The Morgan fingerprint density at radius 2 is 2.15 bits per heavy atom. The summed E-state index contributed by atoms with van der Waals surface area (Å²) in [4.78, 5) is 15.0. The lowest BCUT2D eigenvalue weighted by molar-refractivity contribution is -0.129. The third-order valence-corrected chi connectivity index (χ3v) is 6.64. The van der Waals surface area contributed by atoms with Gasteiger partial charge in [0.05, 0.1) is 12.0 Å². The predicted octanol–water partition coefficient (Wildman–Crippen LogP) is 3.59. The average Bonchev–Trinajstić information content (AvgIpc) is 3.23. The number of carbonyl (C=O) groups excluding carboxylic acids is 1. The summed E-state index contributed by atoms with van der Waals surface area (Å²) >= 11 is 1.45. The summed E-state index contributed by atoms with van der Waals surface area (Å²) in [6.07, 6.45) is 5.06. The number of aromatic nitrogens is 3. The maximum Gasteiger partial charge on any atom is 0.233 e. The van der Waals surface area contributed by atoms with Gasteiger partial charge in [-0.1, -0.05) is 32.5 Å². The monoisotopic (exact) mass is 374 g/mol. The second kappa shape index (κ2) is 6.15. The minimum absolute atomic E-state index is 0.212. The van der Waals surface area contributed by atoms with Crippen LogP contribution in [0, 0.1) is 10.8 Å². The highest BCUT2D eigenvalue weighted by atomic mass is 32.2. The first-order chi connectivity index (χ1) is 12.3. The third-order valence-electron chi connectivity index (χ3n) is 5.64. The van der Waals surface area contributed by atoms with Crippen molar-refractivity contribution in [3.8, 4) is 11.6 Å². The lowest BCUT2D eigenvalue weighted by Crippen LogP contribution is -2.38. The number of amides is 1. The fourth-order valence-electron chi connectivity index (χ4n) is 5.02. The first-order valence-corrected chi connectivity index (χ1v) is 10.1. The van der Waals surface area contributed by atoms with E-state index in [9.17, 15) is 4.79 Å². The molecule has 1 saturated heterocycles. The molecule has 1 aliphatic heterocycles. The minimum atomic E-state index is 0.212. The van der Waals surface area contributed by atoms with Gasteiger partial charge in [-0.3, -0.25) is 4.79 Å². The maximum atomic E-state index is 12.9. The van der Waals surface area contributed by atoms with Crippen molar-refractivity contribution in [1.29, 1.82) is 0 Å². The molecule has 140 valence electrons. The number of hydrogen-bond acceptors (Lipinski definition) is 5. The zero-order valence-corrected chi connectivity index (χ0v) is 16.7. The summed E-state index contributed by atoms with van der Waals surface area (Å²) in [7, 11) is 1.90. The maximum absolute atomic E-state index is 12.9. The van der Waals surface area contributed by atoms with Crippen LogP contribution in [0.4, 0.5) is 0 Å². The molecular formula is C19H26N4O2S. The molecule has 6 nitrogen and oxygen atoms in total. The highest BCUT2D eigenvalue weighted by molar-refractivity contribution is 7.99. The number of furan rings is 1. The second-order valence-electron chi connectivity index (χ2n) is 8.87. The Labute approximate surface area is 158 Å². The van der Waals surface area contributed by atoms with E-state index in [1.165, 1.54) is 18.2 Å². The van der Waals surface area contributed by atoms with Crippen LogP contribution in [-0.4, -0.2) is 43.9 Å². The van der Waals surface area contributed by atoms with Crippen LogP contribution < -0.4 is 0 Å². The van der Waals surface area contributed by atoms with E-state index in [4.69, 9.17) is 4.42 Å². The van der Waals surface area contributed by atoms with Crippen molar-refractivity contribution in [2.75, 3.05) is 12.3 Å². The van der Waals surface area contributed by atoms with E-state index in [0.717, 1.165) is 24.5 Å². The van der Waals surface area contributed by atoms with Crippen LogP contribution in [-0.2, 0) is 11.8 Å². The van der Waals surface area contributed by atoms with Gasteiger partial charge in [-0.2, -0.15) is 0 Å². The molecule has 2 fully saturated rings. The molecule has 1 aliphatic carbocycles. The summed E-state index contributed by atoms with van der Waals surface area (Å²) in [5.41, 5.74) is 0.589. The lowest BCUT2D eigenvalue weighted by atomic mass is 9.65. The Morgan fingerprint density at radius 3 is 2.88 bits per heavy atom. The molecule has 2 aliphatic rings. The van der Waals surface area contributed by atoms with Gasteiger partial charge < -0.3 is 13.9 Å². The largest absolute Gasteiger partial charge is 0.461 e. The number of rotatable bonds is 4. The van der Waals surface area contributed by atoms with Gasteiger partial charge in [0.2, 0.25) is 5.91 Å². The molecule has 2 atom stereocenters. The third kappa shape index (κ3) is 3.17. The van der Waals surface area contributed by atoms with Crippen molar-refractivity contribution in [3.05, 3.63) is 18.4 Å². The van der Waals surface area contributed by atoms with Crippen LogP contribution in [0.15, 0.2) is 28.0 Å². The number of hydrogen-bond donors (Lipinski definition) is 0. The fraction of sp³-hybridized carbons (Fsp3) is 0.632. The van der Waals surface area contributed by atoms with Crippen LogP contribution in [0.25, 0.3) is 11.6 Å². The van der Waals surface area contributed by atoms with Crippen LogP contribution in [0.3, 0.4) is 0 Å². The van der Waals surface area contributed by atoms with E-state index in [2.05, 4.69) is 35.9 Å². The quantitative estimate of drug-likeness (QED) is 0.765. The van der Waals surface area contributed by atoms with E-state index >= 15 is 0 Å². The summed E-state index contributed by atoms with van der Waals surface area (Å²) < 4.78 is 7.27. The van der Waals surface area contributed by atoms with Crippen LogP contribution in [0.1, 0.15) is 40.0 Å². The SMILES string of the molecule is Cn1c(SCC(=O)N2C[C@]3(C)C[C@H]2CC(C)(C)C3)nnc1-c1ccco1. The Balaban J connectivity index is 1.42. The molecule has 0 radical (unpaired) electrons. The van der Waals surface area contributed by atoms with Crippen molar-refractivity contribution in [1.82, 2.24) is 19.7 Å². The molecule has 7 heteroatoms. The Bertz CT molecular complexity index is 814. The van der Waals surface area contributed by atoms with Crippen LogP contribution >= 0.6 is 11.8 Å². The van der Waals surface area contributed by atoms with Crippen molar-refractivity contribution >= 4 is 17.7 Å². The second-order valence-corrected chi connectivity index (χ2v) is 9.81. The highest BCUT2D eigenvalue weighted by Gasteiger charge is 2.50. The van der Waals surface area contributed by atoms with E-state index in [-0.39, 0.29) is 11.3 Å². The lowest BCUT2D eigenvalue weighted by Gasteiger charge is -2.39. The van der Waals surface area contributed by atoms with Crippen molar-refractivity contribution < 1.29 is 9.21 Å². The van der Waals surface area contributed by atoms with Gasteiger partial charge >= 0.3 is 0 Å². The fourth-order valence-corrected chi connectivity index (χ4v) is 5.82. The summed E-state index contributed by atoms with van der Waals surface area (Å²) in [5.74, 6) is 1.97. The number of likely N-dealkylation sites (tertiary alicyclic amines) is 1. The van der Waals surface area contributed by atoms with Gasteiger partial charge in [0.1, 0.15) is 0 Å². The van der Waals surface area contributed by atoms with Gasteiger partial charge in [-0.05, 0) is 42.2 Å². The molecule has 1 saturated carbocycles. The van der Waals surface area contributed by atoms with Crippen LogP contribution in [0.2, 0.25) is 0 Å². The van der Waals surface area contributed by atoms with Crippen molar-refractivity contribution in [2.24, 2.45) is 17.9 Å². The molecule has 2 aromatic heterocycles. The van der Waals surface area contributed by atoms with E-state index in [0.29, 0.717) is 28.8 Å². The number of carbonyl (C=O) groups is 1. The highest BCUT2D eigenvalue weighted by Crippen LogP contribution is 2.52. The van der Waals surface area contributed by atoms with E-state index in [1.54, 1.807) is 6.26 Å². The zero-order valence-electron chi connectivity index (χ0n) is 15.9. The zero-order chi connectivity index (χ0) is 18.5. The van der Waals surface area contributed by atoms with Gasteiger partial charge in [-0.15, -0.1) is 10.2 Å². The van der Waals surface area contributed by atoms with E-state index < -0.39 is 0 Å². The Kier molecular flexibility index (Phi) is 4.17. The molecule has 3 heterocycles. The van der Waals surface area contributed by atoms with Gasteiger partial charge in [0.15, 0.2) is 16.7 Å². The number of nitrogens with zero attached hydrogens (tertiary/aromatic N) is 4.